The van der Waals surface area contributed by atoms with Gasteiger partial charge in [-0.25, -0.2) is 4.79 Å². The highest BCUT2D eigenvalue weighted by molar-refractivity contribution is 6.09. The van der Waals surface area contributed by atoms with Gasteiger partial charge in [-0.2, -0.15) is 13.2 Å². The standard InChI is InChI=1S/C16H17F3N2O4/c1-9(22)20-13-8-12(16(17,18)19)10(7-11(13)15(24)25-4)14(23)5-6-21(2)3/h5-8H,1-4H3,(H,20,22). The van der Waals surface area contributed by atoms with E-state index in [4.69, 9.17) is 0 Å². The lowest BCUT2D eigenvalue weighted by molar-refractivity contribution is -0.137. The van der Waals surface area contributed by atoms with E-state index in [-0.39, 0.29) is 11.3 Å². The van der Waals surface area contributed by atoms with E-state index in [1.807, 2.05) is 0 Å². The number of amides is 1. The molecule has 0 aliphatic rings. The average molecular weight is 358 g/mol. The van der Waals surface area contributed by atoms with Crippen LogP contribution in [-0.2, 0) is 15.7 Å². The Labute approximate surface area is 142 Å². The lowest BCUT2D eigenvalue weighted by Crippen LogP contribution is -2.18. The van der Waals surface area contributed by atoms with Gasteiger partial charge in [-0.15, -0.1) is 0 Å². The number of nitrogens with one attached hydrogen (secondary N) is 1. The topological polar surface area (TPSA) is 75.7 Å². The number of carbonyl (C=O) groups excluding carboxylic acids is 3. The van der Waals surface area contributed by atoms with Gasteiger partial charge in [0.25, 0.3) is 0 Å². The van der Waals surface area contributed by atoms with Crippen LogP contribution in [0.2, 0.25) is 0 Å². The summed E-state index contributed by atoms with van der Waals surface area (Å²) in [4.78, 5) is 36.7. The highest BCUT2D eigenvalue weighted by Gasteiger charge is 2.36. The molecule has 1 aromatic carbocycles. The molecule has 1 rings (SSSR count). The van der Waals surface area contributed by atoms with Crippen molar-refractivity contribution >= 4 is 23.3 Å². The first-order chi connectivity index (χ1) is 11.5. The van der Waals surface area contributed by atoms with E-state index in [0.29, 0.717) is 6.07 Å². The molecule has 0 aliphatic carbocycles. The number of halogens is 3. The van der Waals surface area contributed by atoms with Gasteiger partial charge >= 0.3 is 12.1 Å². The predicted molar refractivity (Wildman–Crippen MR) is 84.2 cm³/mol. The third-order valence-electron chi connectivity index (χ3n) is 2.97. The van der Waals surface area contributed by atoms with Crippen molar-refractivity contribution in [1.29, 1.82) is 0 Å². The number of ketones is 1. The number of carbonyl (C=O) groups is 3. The zero-order valence-electron chi connectivity index (χ0n) is 14.0. The molecule has 0 radical (unpaired) electrons. The van der Waals surface area contributed by atoms with Gasteiger partial charge in [-0.05, 0) is 12.1 Å². The molecule has 0 saturated carbocycles. The van der Waals surface area contributed by atoms with Crippen molar-refractivity contribution in [1.82, 2.24) is 4.90 Å². The SMILES string of the molecule is COC(=O)c1cc(C(=O)C=CN(C)C)c(C(F)(F)F)cc1NC(C)=O. The van der Waals surface area contributed by atoms with E-state index in [0.717, 1.165) is 26.2 Å². The molecule has 9 heteroatoms. The summed E-state index contributed by atoms with van der Waals surface area (Å²) in [6.07, 6.45) is -2.63. The molecule has 1 amide bonds. The summed E-state index contributed by atoms with van der Waals surface area (Å²) >= 11 is 0. The smallest absolute Gasteiger partial charge is 0.417 e. The summed E-state index contributed by atoms with van der Waals surface area (Å²) in [6.45, 7) is 1.08. The van der Waals surface area contributed by atoms with Crippen LogP contribution in [0, 0.1) is 0 Å². The number of hydrogen-bond acceptors (Lipinski definition) is 5. The van der Waals surface area contributed by atoms with E-state index in [1.165, 1.54) is 11.1 Å². The van der Waals surface area contributed by atoms with Gasteiger partial charge < -0.3 is 15.0 Å². The van der Waals surface area contributed by atoms with Crippen molar-refractivity contribution in [3.8, 4) is 0 Å². The molecule has 25 heavy (non-hydrogen) atoms. The molecule has 0 heterocycles. The maximum atomic E-state index is 13.3. The fourth-order valence-corrected chi connectivity index (χ4v) is 1.92. The highest BCUT2D eigenvalue weighted by atomic mass is 19.4. The van der Waals surface area contributed by atoms with Crippen molar-refractivity contribution in [2.24, 2.45) is 0 Å². The summed E-state index contributed by atoms with van der Waals surface area (Å²) in [5.41, 5.74) is -2.73. The second-order valence-corrected chi connectivity index (χ2v) is 5.26. The lowest BCUT2D eigenvalue weighted by atomic mass is 9.97. The number of hydrogen-bond donors (Lipinski definition) is 1. The van der Waals surface area contributed by atoms with Crippen LogP contribution in [-0.4, -0.2) is 43.8 Å². The van der Waals surface area contributed by atoms with Gasteiger partial charge in [-0.1, -0.05) is 0 Å². The molecule has 1 aromatic rings. The number of allylic oxidation sites excluding steroid dienone is 1. The maximum absolute atomic E-state index is 13.3. The Morgan fingerprint density at radius 1 is 1.16 bits per heavy atom. The van der Waals surface area contributed by atoms with Crippen molar-refractivity contribution in [3.63, 3.8) is 0 Å². The second kappa shape index (κ2) is 7.82. The highest BCUT2D eigenvalue weighted by Crippen LogP contribution is 2.36. The van der Waals surface area contributed by atoms with Crippen LogP contribution >= 0.6 is 0 Å². The molecule has 0 spiro atoms. The summed E-state index contributed by atoms with van der Waals surface area (Å²) < 4.78 is 44.5. The van der Waals surface area contributed by atoms with Crippen LogP contribution in [0.1, 0.15) is 33.2 Å². The molecule has 0 saturated heterocycles. The first-order valence-electron chi connectivity index (χ1n) is 6.97. The molecule has 136 valence electrons. The van der Waals surface area contributed by atoms with Gasteiger partial charge in [0.1, 0.15) is 0 Å². The zero-order chi connectivity index (χ0) is 19.4. The Morgan fingerprint density at radius 2 is 1.76 bits per heavy atom. The Hall–Kier alpha value is -2.84. The molecule has 0 unspecified atom stereocenters. The van der Waals surface area contributed by atoms with Gasteiger partial charge in [-0.3, -0.25) is 9.59 Å². The molecule has 0 aliphatic heterocycles. The van der Waals surface area contributed by atoms with Gasteiger partial charge in [0, 0.05) is 38.9 Å². The van der Waals surface area contributed by atoms with Gasteiger partial charge in [0.05, 0.1) is 23.9 Å². The fourth-order valence-electron chi connectivity index (χ4n) is 1.92. The lowest BCUT2D eigenvalue weighted by Gasteiger charge is -2.16. The summed E-state index contributed by atoms with van der Waals surface area (Å²) in [5, 5.41) is 2.14. The number of ether oxygens (including phenoxy) is 1. The van der Waals surface area contributed by atoms with Crippen LogP contribution in [0.25, 0.3) is 0 Å². The number of alkyl halides is 3. The first kappa shape index (κ1) is 20.2. The normalized spacial score (nSPS) is 11.3. The third kappa shape index (κ3) is 5.33. The number of nitrogens with zero attached hydrogens (tertiary/aromatic N) is 1. The van der Waals surface area contributed by atoms with Crippen LogP contribution in [0.4, 0.5) is 18.9 Å². The Balaban J connectivity index is 3.65. The van der Waals surface area contributed by atoms with Gasteiger partial charge in [0.15, 0.2) is 5.78 Å². The van der Waals surface area contributed by atoms with Crippen molar-refractivity contribution in [2.75, 3.05) is 26.5 Å². The second-order valence-electron chi connectivity index (χ2n) is 5.26. The van der Waals surface area contributed by atoms with E-state index in [9.17, 15) is 27.6 Å². The van der Waals surface area contributed by atoms with Crippen molar-refractivity contribution < 1.29 is 32.3 Å². The first-order valence-corrected chi connectivity index (χ1v) is 6.97. The van der Waals surface area contributed by atoms with Crippen LogP contribution in [0.5, 0.6) is 0 Å². The number of anilines is 1. The zero-order valence-corrected chi connectivity index (χ0v) is 14.0. The summed E-state index contributed by atoms with van der Waals surface area (Å²) in [7, 11) is 4.22. The number of esters is 1. The van der Waals surface area contributed by atoms with Crippen molar-refractivity contribution in [2.45, 2.75) is 13.1 Å². The largest absolute Gasteiger partial charge is 0.465 e. The van der Waals surface area contributed by atoms with E-state index in [2.05, 4.69) is 10.1 Å². The Kier molecular flexibility index (Phi) is 6.32. The number of rotatable bonds is 5. The predicted octanol–water partition coefficient (Wildman–Crippen LogP) is 2.71. The fraction of sp³-hybridized carbons (Fsp3) is 0.312. The van der Waals surface area contributed by atoms with Crippen molar-refractivity contribution in [3.05, 3.63) is 41.1 Å². The average Bonchev–Trinajstić information content (AvgIpc) is 2.49. The minimum Gasteiger partial charge on any atom is -0.465 e. The maximum Gasteiger partial charge on any atom is 0.417 e. The van der Waals surface area contributed by atoms with E-state index in [1.54, 1.807) is 14.1 Å². The molecule has 0 aromatic heterocycles. The minimum absolute atomic E-state index is 0.354. The van der Waals surface area contributed by atoms with Crippen LogP contribution < -0.4 is 5.32 Å². The molecule has 6 nitrogen and oxygen atoms in total. The van der Waals surface area contributed by atoms with Gasteiger partial charge in [0.2, 0.25) is 5.91 Å². The molecular weight excluding hydrogens is 341 g/mol. The molecule has 1 N–H and O–H groups in total. The number of methoxy groups -OCH3 is 1. The van der Waals surface area contributed by atoms with E-state index >= 15 is 0 Å². The van der Waals surface area contributed by atoms with Crippen LogP contribution in [0.15, 0.2) is 24.4 Å². The molecule has 0 fully saturated rings. The summed E-state index contributed by atoms with van der Waals surface area (Å²) in [6, 6.07) is 1.31. The summed E-state index contributed by atoms with van der Waals surface area (Å²) in [5.74, 6) is -2.60. The molecule has 0 bridgehead atoms. The Bertz CT molecular complexity index is 725. The molecular formula is C16H17F3N2O4. The third-order valence-corrected chi connectivity index (χ3v) is 2.97. The quantitative estimate of drug-likeness (QED) is 0.498. The van der Waals surface area contributed by atoms with E-state index < -0.39 is 35.0 Å². The van der Waals surface area contributed by atoms with Crippen LogP contribution in [0.3, 0.4) is 0 Å². The minimum atomic E-state index is -4.86. The molecule has 0 atom stereocenters. The Morgan fingerprint density at radius 3 is 2.20 bits per heavy atom. The monoisotopic (exact) mass is 358 g/mol. The number of benzene rings is 1.